The Morgan fingerprint density at radius 3 is 2.81 bits per heavy atom. The molecule has 0 radical (unpaired) electrons. The Hall–Kier alpha value is -3.19. The minimum Gasteiger partial charge on any atom is -0.484 e. The van der Waals surface area contributed by atoms with Gasteiger partial charge in [0.2, 0.25) is 5.13 Å². The molecule has 4 rings (SSSR count). The summed E-state index contributed by atoms with van der Waals surface area (Å²) in [6.45, 7) is 3.78. The van der Waals surface area contributed by atoms with Crippen molar-refractivity contribution in [3.05, 3.63) is 65.9 Å². The lowest BCUT2D eigenvalue weighted by molar-refractivity contribution is -0.118. The highest BCUT2D eigenvalue weighted by molar-refractivity contribution is 7.20. The van der Waals surface area contributed by atoms with Gasteiger partial charge in [-0.1, -0.05) is 35.6 Å². The molecular formula is C20H18N4O2S. The Balaban J connectivity index is 1.51. The Kier molecular flexibility index (Phi) is 4.60. The molecule has 6 nitrogen and oxygen atoms in total. The summed E-state index contributed by atoms with van der Waals surface area (Å²) in [6.07, 6.45) is 0. The molecule has 7 heteroatoms. The van der Waals surface area contributed by atoms with Crippen LogP contribution in [0.5, 0.6) is 5.75 Å². The number of aryl methyl sites for hydroxylation is 2. The van der Waals surface area contributed by atoms with E-state index in [9.17, 15) is 4.79 Å². The van der Waals surface area contributed by atoms with E-state index in [0.717, 1.165) is 21.5 Å². The molecule has 1 N–H and O–H groups in total. The lowest BCUT2D eigenvalue weighted by atomic mass is 10.2. The molecule has 2 aromatic carbocycles. The first kappa shape index (κ1) is 17.2. The second-order valence-electron chi connectivity index (χ2n) is 6.20. The fourth-order valence-corrected chi connectivity index (χ4v) is 3.65. The van der Waals surface area contributed by atoms with Gasteiger partial charge >= 0.3 is 0 Å². The number of nitrogens with one attached hydrogen (secondary N) is 1. The number of para-hydroxylation sites is 1. The predicted octanol–water partition coefficient (Wildman–Crippen LogP) is 4.12. The first-order valence-electron chi connectivity index (χ1n) is 8.50. The smallest absolute Gasteiger partial charge is 0.263 e. The van der Waals surface area contributed by atoms with Gasteiger partial charge in [0.15, 0.2) is 6.61 Å². The molecule has 4 aromatic rings. The number of thiazole rings is 1. The first-order chi connectivity index (χ1) is 13.1. The zero-order chi connectivity index (χ0) is 18.8. The number of nitrogens with zero attached hydrogens (tertiary/aromatic N) is 3. The molecule has 0 fully saturated rings. The van der Waals surface area contributed by atoms with Crippen LogP contribution >= 0.6 is 11.3 Å². The van der Waals surface area contributed by atoms with Crippen molar-refractivity contribution in [3.63, 3.8) is 0 Å². The van der Waals surface area contributed by atoms with E-state index in [1.165, 1.54) is 11.3 Å². The van der Waals surface area contributed by atoms with Gasteiger partial charge in [-0.15, -0.1) is 0 Å². The molecule has 0 atom stereocenters. The third kappa shape index (κ3) is 3.83. The van der Waals surface area contributed by atoms with E-state index in [2.05, 4.69) is 15.4 Å². The summed E-state index contributed by atoms with van der Waals surface area (Å²) in [4.78, 5) is 16.9. The summed E-state index contributed by atoms with van der Waals surface area (Å²) in [5.41, 5.74) is 2.78. The molecule has 0 saturated carbocycles. The number of rotatable bonds is 5. The van der Waals surface area contributed by atoms with Gasteiger partial charge in [-0.05, 0) is 43.7 Å². The van der Waals surface area contributed by atoms with Crippen molar-refractivity contribution >= 4 is 33.3 Å². The van der Waals surface area contributed by atoms with Gasteiger partial charge in [0.1, 0.15) is 11.6 Å². The number of amides is 1. The van der Waals surface area contributed by atoms with E-state index in [0.29, 0.717) is 16.7 Å². The molecule has 1 amide bonds. The highest BCUT2D eigenvalue weighted by atomic mass is 32.1. The van der Waals surface area contributed by atoms with E-state index in [4.69, 9.17) is 4.74 Å². The Morgan fingerprint density at radius 1 is 1.15 bits per heavy atom. The molecule has 0 unspecified atom stereocenters. The minimum absolute atomic E-state index is 0.0759. The Morgan fingerprint density at radius 2 is 2.00 bits per heavy atom. The molecular weight excluding hydrogens is 360 g/mol. The fourth-order valence-electron chi connectivity index (χ4n) is 2.72. The number of ether oxygens (including phenoxy) is 1. The maximum atomic E-state index is 12.3. The van der Waals surface area contributed by atoms with E-state index in [-0.39, 0.29) is 12.5 Å². The molecule has 2 heterocycles. The van der Waals surface area contributed by atoms with Crippen molar-refractivity contribution in [1.82, 2.24) is 14.8 Å². The average molecular weight is 378 g/mol. The van der Waals surface area contributed by atoms with Crippen LogP contribution in [0, 0.1) is 13.8 Å². The SMILES string of the molecule is Cc1cccc(OCC(=O)Nc2cc(C)nn2-c2nc3ccccc3s2)c1. The summed E-state index contributed by atoms with van der Waals surface area (Å²) < 4.78 is 8.29. The van der Waals surface area contributed by atoms with Gasteiger partial charge in [0, 0.05) is 6.07 Å². The molecule has 136 valence electrons. The van der Waals surface area contributed by atoms with E-state index in [1.54, 1.807) is 4.68 Å². The van der Waals surface area contributed by atoms with Gasteiger partial charge in [-0.2, -0.15) is 9.78 Å². The quantitative estimate of drug-likeness (QED) is 0.567. The van der Waals surface area contributed by atoms with Crippen LogP contribution in [0.4, 0.5) is 5.82 Å². The minimum atomic E-state index is -0.251. The molecule has 0 saturated heterocycles. The summed E-state index contributed by atoms with van der Waals surface area (Å²) in [5.74, 6) is 0.990. The standard InChI is InChI=1S/C20H18N4O2S/c1-13-6-5-7-15(10-13)26-12-19(25)22-18-11-14(2)23-24(18)20-21-16-8-3-4-9-17(16)27-20/h3-11H,12H2,1-2H3,(H,22,25). The number of benzene rings is 2. The molecule has 0 aliphatic carbocycles. The number of carbonyl (C=O) groups excluding carboxylic acids is 1. The maximum Gasteiger partial charge on any atom is 0.263 e. The predicted molar refractivity (Wildman–Crippen MR) is 107 cm³/mol. The van der Waals surface area contributed by atoms with Crippen molar-refractivity contribution in [2.24, 2.45) is 0 Å². The number of fused-ring (bicyclic) bond motifs is 1. The summed E-state index contributed by atoms with van der Waals surface area (Å²) in [5, 5.41) is 8.04. The highest BCUT2D eigenvalue weighted by Gasteiger charge is 2.14. The van der Waals surface area contributed by atoms with Gasteiger partial charge in [0.05, 0.1) is 15.9 Å². The maximum absolute atomic E-state index is 12.3. The van der Waals surface area contributed by atoms with E-state index < -0.39 is 0 Å². The monoisotopic (exact) mass is 378 g/mol. The van der Waals surface area contributed by atoms with Crippen LogP contribution in [0.15, 0.2) is 54.6 Å². The number of hydrogen-bond donors (Lipinski definition) is 1. The van der Waals surface area contributed by atoms with Crippen LogP contribution in [-0.2, 0) is 4.79 Å². The number of hydrogen-bond acceptors (Lipinski definition) is 5. The first-order valence-corrected chi connectivity index (χ1v) is 9.32. The Labute approximate surface area is 160 Å². The fraction of sp³-hybridized carbons (Fsp3) is 0.150. The van der Waals surface area contributed by atoms with Crippen LogP contribution in [-0.4, -0.2) is 27.3 Å². The van der Waals surface area contributed by atoms with Gasteiger partial charge in [-0.25, -0.2) is 4.98 Å². The van der Waals surface area contributed by atoms with Crippen molar-refractivity contribution in [2.75, 3.05) is 11.9 Å². The Bertz CT molecular complexity index is 1080. The van der Waals surface area contributed by atoms with Crippen LogP contribution in [0.25, 0.3) is 15.3 Å². The van der Waals surface area contributed by atoms with Crippen LogP contribution in [0.1, 0.15) is 11.3 Å². The van der Waals surface area contributed by atoms with Gasteiger partial charge in [0.25, 0.3) is 5.91 Å². The van der Waals surface area contributed by atoms with E-state index >= 15 is 0 Å². The topological polar surface area (TPSA) is 69.0 Å². The number of aromatic nitrogens is 3. The molecule has 0 aliphatic rings. The second-order valence-corrected chi connectivity index (χ2v) is 7.21. The normalized spacial score (nSPS) is 10.9. The lowest BCUT2D eigenvalue weighted by Crippen LogP contribution is -2.21. The van der Waals surface area contributed by atoms with Crippen LogP contribution in [0.2, 0.25) is 0 Å². The zero-order valence-corrected chi connectivity index (χ0v) is 15.8. The average Bonchev–Trinajstić information content (AvgIpc) is 3.23. The molecule has 0 spiro atoms. The molecule has 27 heavy (non-hydrogen) atoms. The van der Waals surface area contributed by atoms with Gasteiger partial charge in [-0.3, -0.25) is 4.79 Å². The molecule has 0 aliphatic heterocycles. The second kappa shape index (κ2) is 7.20. The molecule has 2 aromatic heterocycles. The lowest BCUT2D eigenvalue weighted by Gasteiger charge is -2.08. The summed E-state index contributed by atoms with van der Waals surface area (Å²) in [7, 11) is 0. The summed E-state index contributed by atoms with van der Waals surface area (Å²) in [6, 6.07) is 17.3. The van der Waals surface area contributed by atoms with Crippen LogP contribution < -0.4 is 10.1 Å². The van der Waals surface area contributed by atoms with E-state index in [1.807, 2.05) is 68.4 Å². The highest BCUT2D eigenvalue weighted by Crippen LogP contribution is 2.27. The third-order valence-electron chi connectivity index (χ3n) is 3.92. The van der Waals surface area contributed by atoms with Crippen LogP contribution in [0.3, 0.4) is 0 Å². The van der Waals surface area contributed by atoms with Crippen molar-refractivity contribution < 1.29 is 9.53 Å². The number of anilines is 1. The summed E-state index contributed by atoms with van der Waals surface area (Å²) >= 11 is 1.52. The van der Waals surface area contributed by atoms with Crippen molar-refractivity contribution in [1.29, 1.82) is 0 Å². The molecule has 0 bridgehead atoms. The largest absolute Gasteiger partial charge is 0.484 e. The number of carbonyl (C=O) groups is 1. The zero-order valence-electron chi connectivity index (χ0n) is 15.0. The third-order valence-corrected chi connectivity index (χ3v) is 4.93. The van der Waals surface area contributed by atoms with Crippen molar-refractivity contribution in [2.45, 2.75) is 13.8 Å². The van der Waals surface area contributed by atoms with Gasteiger partial charge < -0.3 is 10.1 Å². The van der Waals surface area contributed by atoms with Crippen molar-refractivity contribution in [3.8, 4) is 10.9 Å².